The van der Waals surface area contributed by atoms with E-state index in [0.29, 0.717) is 41.9 Å². The monoisotopic (exact) mass is 419 g/mol. The number of imidazole rings is 1. The number of nitrogens with one attached hydrogen (secondary N) is 2. The normalized spacial score (nSPS) is 16.6. The molecule has 0 spiro atoms. The van der Waals surface area contributed by atoms with Crippen LogP contribution in [0.15, 0.2) is 35.9 Å². The van der Waals surface area contributed by atoms with E-state index in [2.05, 4.69) is 24.9 Å². The predicted molar refractivity (Wildman–Crippen MR) is 107 cm³/mol. The van der Waals surface area contributed by atoms with Crippen molar-refractivity contribution in [1.29, 1.82) is 5.41 Å². The second-order valence-electron chi connectivity index (χ2n) is 6.46. The van der Waals surface area contributed by atoms with Crippen LogP contribution in [-0.4, -0.2) is 57.3 Å². The van der Waals surface area contributed by atoms with Gasteiger partial charge >= 0.3 is 6.18 Å². The molecule has 2 aromatic heterocycles. The first kappa shape index (κ1) is 21.4. The number of aromatic nitrogens is 4. The predicted octanol–water partition coefficient (Wildman–Crippen LogP) is 3.01. The van der Waals surface area contributed by atoms with Gasteiger partial charge in [-0.3, -0.25) is 10.4 Å². The largest absolute Gasteiger partial charge is 0.432 e. The summed E-state index contributed by atoms with van der Waals surface area (Å²) in [6.07, 6.45) is 4.56. The van der Waals surface area contributed by atoms with Crippen LogP contribution in [0.25, 0.3) is 23.0 Å². The Kier molecular flexibility index (Phi) is 6.72. The van der Waals surface area contributed by atoms with Gasteiger partial charge in [0.2, 0.25) is 0 Å². The maximum atomic E-state index is 12.4. The number of alkyl halides is 3. The van der Waals surface area contributed by atoms with Gasteiger partial charge in [0, 0.05) is 31.2 Å². The Labute approximate surface area is 170 Å². The number of aliphatic imine (C=N–C) groups is 1. The Morgan fingerprint density at radius 3 is 2.73 bits per heavy atom. The van der Waals surface area contributed by atoms with Crippen LogP contribution in [-0.2, 0) is 4.74 Å². The third-order valence-electron chi connectivity index (χ3n) is 4.34. The molecule has 0 atom stereocenters. The van der Waals surface area contributed by atoms with Crippen molar-refractivity contribution < 1.29 is 17.9 Å². The number of hydrogen-bond donors (Lipinski definition) is 3. The Morgan fingerprint density at radius 1 is 1.27 bits per heavy atom. The van der Waals surface area contributed by atoms with E-state index < -0.39 is 11.9 Å². The van der Waals surface area contributed by atoms with E-state index in [9.17, 15) is 13.2 Å². The molecule has 0 unspecified atom stereocenters. The molecule has 0 radical (unpaired) electrons. The first-order valence-corrected chi connectivity index (χ1v) is 9.11. The molecule has 11 heteroatoms. The van der Waals surface area contributed by atoms with Gasteiger partial charge in [-0.15, -0.1) is 0 Å². The molecule has 0 aliphatic carbocycles. The molecular weight excluding hydrogens is 399 g/mol. The van der Waals surface area contributed by atoms with Crippen molar-refractivity contribution in [3.05, 3.63) is 42.4 Å². The van der Waals surface area contributed by atoms with E-state index in [1.807, 2.05) is 0 Å². The average molecular weight is 419 g/mol. The molecule has 1 saturated heterocycles. The lowest BCUT2D eigenvalue weighted by molar-refractivity contribution is -0.0583. The maximum absolute atomic E-state index is 12.4. The van der Waals surface area contributed by atoms with Crippen LogP contribution in [0.2, 0.25) is 0 Å². The lowest BCUT2D eigenvalue weighted by Crippen LogP contribution is -2.19. The zero-order chi connectivity index (χ0) is 21.6. The molecule has 1 aliphatic heterocycles. The second kappa shape index (κ2) is 9.44. The molecule has 158 valence electrons. The molecule has 1 aliphatic rings. The van der Waals surface area contributed by atoms with Crippen molar-refractivity contribution in [3.63, 3.8) is 0 Å². The number of ether oxygens (including phenoxy) is 1. The summed E-state index contributed by atoms with van der Waals surface area (Å²) in [6.45, 7) is 1.36. The number of nitrogens with zero attached hydrogens (tertiary/aromatic N) is 4. The number of nitrogens with two attached hydrogens (primary N) is 1. The third kappa shape index (κ3) is 5.60. The zero-order valence-electron chi connectivity index (χ0n) is 15.9. The number of H-pyrrole nitrogens is 1. The highest BCUT2D eigenvalue weighted by molar-refractivity contribution is 6.09. The molecular formula is C19H20F3N7O. The lowest BCUT2D eigenvalue weighted by Gasteiger charge is -2.18. The second-order valence-corrected chi connectivity index (χ2v) is 6.46. The quantitative estimate of drug-likeness (QED) is 0.621. The van der Waals surface area contributed by atoms with Crippen LogP contribution < -0.4 is 5.73 Å². The van der Waals surface area contributed by atoms with Crippen LogP contribution >= 0.6 is 0 Å². The van der Waals surface area contributed by atoms with Gasteiger partial charge in [0.1, 0.15) is 17.9 Å². The van der Waals surface area contributed by atoms with Crippen LogP contribution in [0.1, 0.15) is 24.4 Å². The maximum Gasteiger partial charge on any atom is 0.432 e. The van der Waals surface area contributed by atoms with Gasteiger partial charge in [-0.25, -0.2) is 15.0 Å². The number of halogens is 3. The summed E-state index contributed by atoms with van der Waals surface area (Å²) in [5.74, 6) is 0.162. The molecule has 2 aromatic rings. The summed E-state index contributed by atoms with van der Waals surface area (Å²) >= 11 is 0. The highest BCUT2D eigenvalue weighted by Crippen LogP contribution is 2.20. The first-order chi connectivity index (χ1) is 14.4. The molecule has 8 nitrogen and oxygen atoms in total. The van der Waals surface area contributed by atoms with Gasteiger partial charge in [0.05, 0.1) is 29.3 Å². The smallest absolute Gasteiger partial charge is 0.404 e. The minimum atomic E-state index is -4.70. The van der Waals surface area contributed by atoms with E-state index in [-0.39, 0.29) is 11.9 Å². The fourth-order valence-corrected chi connectivity index (χ4v) is 2.69. The van der Waals surface area contributed by atoms with Crippen molar-refractivity contribution in [1.82, 2.24) is 19.9 Å². The van der Waals surface area contributed by atoms with Crippen LogP contribution in [0, 0.1) is 5.41 Å². The molecule has 0 bridgehead atoms. The first-order valence-electron chi connectivity index (χ1n) is 9.11. The van der Waals surface area contributed by atoms with Crippen molar-refractivity contribution >= 4 is 23.6 Å². The number of aromatic amines is 1. The van der Waals surface area contributed by atoms with E-state index >= 15 is 0 Å². The summed E-state index contributed by atoms with van der Waals surface area (Å²) in [5, 5.41) is 6.96. The number of allylic oxidation sites excluding steroid dienone is 2. The van der Waals surface area contributed by atoms with Crippen molar-refractivity contribution in [3.8, 4) is 11.4 Å². The van der Waals surface area contributed by atoms with E-state index in [1.165, 1.54) is 18.7 Å². The van der Waals surface area contributed by atoms with Crippen molar-refractivity contribution in [2.75, 3.05) is 13.2 Å². The molecule has 0 aromatic carbocycles. The summed E-state index contributed by atoms with van der Waals surface area (Å²) in [5.41, 5.74) is 6.39. The summed E-state index contributed by atoms with van der Waals surface area (Å²) < 4.78 is 42.5. The highest BCUT2D eigenvalue weighted by Gasteiger charge is 2.32. The Hall–Kier alpha value is -3.34. The Balaban J connectivity index is 1.75. The Morgan fingerprint density at radius 2 is 2.03 bits per heavy atom. The van der Waals surface area contributed by atoms with Crippen LogP contribution in [0.5, 0.6) is 0 Å². The summed E-state index contributed by atoms with van der Waals surface area (Å²) in [7, 11) is 0. The van der Waals surface area contributed by atoms with Crippen molar-refractivity contribution in [2.45, 2.75) is 25.1 Å². The highest BCUT2D eigenvalue weighted by atomic mass is 19.4. The lowest BCUT2D eigenvalue weighted by atomic mass is 10.1. The van der Waals surface area contributed by atoms with Crippen molar-refractivity contribution in [2.24, 2.45) is 10.7 Å². The van der Waals surface area contributed by atoms with Crippen LogP contribution in [0.3, 0.4) is 0 Å². The van der Waals surface area contributed by atoms with Gasteiger partial charge in [0.25, 0.3) is 0 Å². The van der Waals surface area contributed by atoms with Gasteiger partial charge in [0.15, 0.2) is 0 Å². The molecule has 3 heterocycles. The topological polar surface area (TPSA) is 126 Å². The molecule has 1 fully saturated rings. The summed E-state index contributed by atoms with van der Waals surface area (Å²) in [6, 6.07) is 1.85. The minimum Gasteiger partial charge on any atom is -0.404 e. The summed E-state index contributed by atoms with van der Waals surface area (Å²) in [4.78, 5) is 19.8. The number of hydrogen-bond acceptors (Lipinski definition) is 7. The minimum absolute atomic E-state index is 0.162. The van der Waals surface area contributed by atoms with Gasteiger partial charge in [-0.1, -0.05) is 0 Å². The fraction of sp³-hybridized carbons (Fsp3) is 0.316. The van der Waals surface area contributed by atoms with E-state index in [4.69, 9.17) is 15.9 Å². The van der Waals surface area contributed by atoms with E-state index in [0.717, 1.165) is 18.9 Å². The van der Waals surface area contributed by atoms with Crippen LogP contribution in [0.4, 0.5) is 13.2 Å². The SMILES string of the molecule is N=C(/C=C\c1ncc(-c2cc(/C(C=NC3CCOCC3)=C/N)ncn2)[nH]1)C(F)(F)F. The molecule has 0 saturated carbocycles. The number of rotatable bonds is 6. The average Bonchev–Trinajstić information content (AvgIpc) is 3.22. The molecule has 30 heavy (non-hydrogen) atoms. The molecule has 3 rings (SSSR count). The van der Waals surface area contributed by atoms with Gasteiger partial charge in [-0.05, 0) is 31.1 Å². The van der Waals surface area contributed by atoms with E-state index in [1.54, 1.807) is 12.3 Å². The fourth-order valence-electron chi connectivity index (χ4n) is 2.69. The molecule has 4 N–H and O–H groups in total. The third-order valence-corrected chi connectivity index (χ3v) is 4.34. The Bertz CT molecular complexity index is 973. The zero-order valence-corrected chi connectivity index (χ0v) is 15.9. The van der Waals surface area contributed by atoms with Gasteiger partial charge < -0.3 is 15.5 Å². The standard InChI is InChI=1S/C19H20F3N7O/c20-19(21,22)17(24)1-2-18-26-10-16(29-18)15-7-14(27-11-28-15)12(8-23)9-25-13-3-5-30-6-4-13/h1-2,7-11,13,24H,3-6,23H2,(H,26,29)/b2-1-,12-8+,24-17?,25-9?. The molecule has 0 amide bonds. The van der Waals surface area contributed by atoms with Gasteiger partial charge in [-0.2, -0.15) is 13.2 Å².